The Morgan fingerprint density at radius 2 is 2.05 bits per heavy atom. The van der Waals surface area contributed by atoms with Crippen molar-refractivity contribution in [2.45, 2.75) is 63.4 Å². The smallest absolute Gasteiger partial charge is 0.335 e. The van der Waals surface area contributed by atoms with Crippen LogP contribution in [0.15, 0.2) is 48.0 Å². The SMILES string of the molecule is CC[C@H](CS(N)(=O)=O)[C@H]1C=C([C@@H](OC)[C@@H]2CC[C@H]2CN2C[C@@]3(CCCc4cc(Cl)ccc43)COc3ccc(C(=O)O)cc32)C1. The normalized spacial score (nSPS) is 27.5. The highest BCUT2D eigenvalue weighted by Gasteiger charge is 2.46. The van der Waals surface area contributed by atoms with Gasteiger partial charge in [-0.2, -0.15) is 0 Å². The average Bonchev–Trinajstić information content (AvgIpc) is 3.09. The van der Waals surface area contributed by atoms with Gasteiger partial charge >= 0.3 is 5.97 Å². The van der Waals surface area contributed by atoms with E-state index in [9.17, 15) is 18.3 Å². The number of carbonyl (C=O) groups is 1. The molecule has 10 heteroatoms. The monoisotopic (exact) mass is 642 g/mol. The maximum absolute atomic E-state index is 12.0. The number of rotatable bonds is 10. The molecule has 0 amide bonds. The van der Waals surface area contributed by atoms with E-state index in [0.717, 1.165) is 74.5 Å². The molecule has 0 radical (unpaired) electrons. The third kappa shape index (κ3) is 6.13. The van der Waals surface area contributed by atoms with E-state index in [1.165, 1.54) is 16.7 Å². The van der Waals surface area contributed by atoms with Crippen LogP contribution in [-0.4, -0.2) is 58.2 Å². The van der Waals surface area contributed by atoms with Gasteiger partial charge in [-0.25, -0.2) is 18.4 Å². The van der Waals surface area contributed by atoms with Crippen LogP contribution in [0.1, 0.15) is 66.9 Å². The summed E-state index contributed by atoms with van der Waals surface area (Å²) in [6.07, 6.45) is 8.93. The predicted octanol–water partition coefficient (Wildman–Crippen LogP) is 5.81. The summed E-state index contributed by atoms with van der Waals surface area (Å²) in [6, 6.07) is 11.4. The lowest BCUT2D eigenvalue weighted by Gasteiger charge is -2.48. The van der Waals surface area contributed by atoms with Crippen molar-refractivity contribution >= 4 is 33.3 Å². The molecule has 1 fully saturated rings. The minimum Gasteiger partial charge on any atom is -0.490 e. The lowest BCUT2D eigenvalue weighted by atomic mass is 9.64. The molecule has 238 valence electrons. The topological polar surface area (TPSA) is 119 Å². The van der Waals surface area contributed by atoms with Crippen LogP contribution < -0.4 is 14.8 Å². The fourth-order valence-electron chi connectivity index (χ4n) is 8.22. The number of benzene rings is 2. The average molecular weight is 643 g/mol. The second-order valence-electron chi connectivity index (χ2n) is 13.4. The number of nitrogens with zero attached hydrogens (tertiary/aromatic N) is 1. The second kappa shape index (κ2) is 12.3. The first-order valence-electron chi connectivity index (χ1n) is 15.8. The summed E-state index contributed by atoms with van der Waals surface area (Å²) in [5.41, 5.74) is 4.65. The Morgan fingerprint density at radius 1 is 1.25 bits per heavy atom. The van der Waals surface area contributed by atoms with E-state index in [4.69, 9.17) is 26.2 Å². The Bertz CT molecular complexity index is 1560. The number of hydrogen-bond donors (Lipinski definition) is 2. The Kier molecular flexibility index (Phi) is 8.78. The Labute approximate surface area is 265 Å². The van der Waals surface area contributed by atoms with Gasteiger partial charge in [0.2, 0.25) is 10.0 Å². The van der Waals surface area contributed by atoms with Crippen molar-refractivity contribution in [1.29, 1.82) is 0 Å². The molecule has 2 aromatic carbocycles. The predicted molar refractivity (Wildman–Crippen MR) is 172 cm³/mol. The maximum atomic E-state index is 12.0. The van der Waals surface area contributed by atoms with Crippen molar-refractivity contribution in [3.8, 4) is 5.75 Å². The zero-order chi connectivity index (χ0) is 31.2. The quantitative estimate of drug-likeness (QED) is 0.314. The second-order valence-corrected chi connectivity index (χ2v) is 15.5. The van der Waals surface area contributed by atoms with E-state index in [1.54, 1.807) is 25.3 Å². The number of carboxylic acid groups (broad SMARTS) is 1. The van der Waals surface area contributed by atoms with Crippen molar-refractivity contribution in [1.82, 2.24) is 0 Å². The molecular formula is C34H43ClN2O6S. The first-order chi connectivity index (χ1) is 21.0. The van der Waals surface area contributed by atoms with Gasteiger partial charge in [0.25, 0.3) is 0 Å². The molecule has 0 bridgehead atoms. The van der Waals surface area contributed by atoms with Crippen LogP contribution in [0, 0.1) is 23.7 Å². The van der Waals surface area contributed by atoms with Gasteiger partial charge < -0.3 is 19.5 Å². The van der Waals surface area contributed by atoms with Crippen molar-refractivity contribution < 1.29 is 27.8 Å². The minimum atomic E-state index is -3.52. The van der Waals surface area contributed by atoms with Gasteiger partial charge in [-0.05, 0) is 109 Å². The first kappa shape index (κ1) is 31.4. The number of anilines is 1. The van der Waals surface area contributed by atoms with Crippen LogP contribution in [0.3, 0.4) is 0 Å². The first-order valence-corrected chi connectivity index (χ1v) is 17.9. The van der Waals surface area contributed by atoms with E-state index < -0.39 is 16.0 Å². The molecule has 6 atom stereocenters. The summed E-state index contributed by atoms with van der Waals surface area (Å²) in [5, 5.41) is 15.9. The van der Waals surface area contributed by atoms with Gasteiger partial charge in [0, 0.05) is 30.6 Å². The zero-order valence-electron chi connectivity index (χ0n) is 25.5. The summed E-state index contributed by atoms with van der Waals surface area (Å²) in [5.74, 6) is 0.679. The molecule has 1 aliphatic heterocycles. The molecule has 3 N–H and O–H groups in total. The van der Waals surface area contributed by atoms with Crippen molar-refractivity contribution in [2.24, 2.45) is 28.8 Å². The molecule has 2 aromatic rings. The standard InChI is InChI=1S/C34H43ClN2O6S/c1-3-21(18-44(36,40)41)25-13-26(14-25)32(42-2)28-9-6-24(28)17-37-19-34(12-4-5-22-15-27(35)8-10-29(22)34)20-43-31-11-7-23(33(38)39)16-30(31)37/h7-8,10-11,13,15-16,21,24-25,28,32H,3-6,9,12,14,17-20H2,1-2H3,(H,38,39)(H2,36,40,41)/t21-,24+,25+,28-,32-,34+/m1/s1. The highest BCUT2D eigenvalue weighted by Crippen LogP contribution is 2.49. The van der Waals surface area contributed by atoms with Crippen LogP contribution >= 0.6 is 11.6 Å². The largest absolute Gasteiger partial charge is 0.490 e. The number of fused-ring (bicyclic) bond motifs is 3. The number of hydrogen-bond acceptors (Lipinski definition) is 6. The number of carboxylic acids is 1. The molecule has 1 spiro atoms. The number of nitrogens with two attached hydrogens (primary N) is 1. The van der Waals surface area contributed by atoms with Crippen molar-refractivity contribution in [3.05, 3.63) is 69.8 Å². The van der Waals surface area contributed by atoms with Crippen LogP contribution in [0.25, 0.3) is 0 Å². The number of halogens is 1. The van der Waals surface area contributed by atoms with Gasteiger partial charge in [0.15, 0.2) is 0 Å². The fraction of sp³-hybridized carbons (Fsp3) is 0.559. The Morgan fingerprint density at radius 3 is 2.70 bits per heavy atom. The third-order valence-electron chi connectivity index (χ3n) is 10.7. The van der Waals surface area contributed by atoms with Gasteiger partial charge in [-0.1, -0.05) is 37.1 Å². The summed E-state index contributed by atoms with van der Waals surface area (Å²) < 4.78 is 36.1. The van der Waals surface area contributed by atoms with Gasteiger partial charge in [0.1, 0.15) is 5.75 Å². The lowest BCUT2D eigenvalue weighted by Crippen LogP contribution is -2.50. The third-order valence-corrected chi connectivity index (χ3v) is 11.8. The summed E-state index contributed by atoms with van der Waals surface area (Å²) in [7, 11) is -1.76. The van der Waals surface area contributed by atoms with Gasteiger partial charge in [-0.15, -0.1) is 0 Å². The fourth-order valence-corrected chi connectivity index (χ4v) is 9.50. The summed E-state index contributed by atoms with van der Waals surface area (Å²) in [4.78, 5) is 14.4. The van der Waals surface area contributed by atoms with E-state index in [-0.39, 0.29) is 34.7 Å². The summed E-state index contributed by atoms with van der Waals surface area (Å²) >= 11 is 6.40. The molecule has 1 saturated carbocycles. The Balaban J connectivity index is 1.27. The minimum absolute atomic E-state index is 0.00744. The van der Waals surface area contributed by atoms with E-state index >= 15 is 0 Å². The van der Waals surface area contributed by atoms with Crippen LogP contribution in [0.2, 0.25) is 5.02 Å². The van der Waals surface area contributed by atoms with Gasteiger partial charge in [-0.3, -0.25) is 0 Å². The highest BCUT2D eigenvalue weighted by atomic mass is 35.5. The Hall–Kier alpha value is -2.59. The highest BCUT2D eigenvalue weighted by molar-refractivity contribution is 7.89. The molecule has 1 heterocycles. The van der Waals surface area contributed by atoms with Crippen LogP contribution in [0.4, 0.5) is 5.69 Å². The molecule has 8 nitrogen and oxygen atoms in total. The molecular weight excluding hydrogens is 600 g/mol. The number of allylic oxidation sites excluding steroid dienone is 1. The lowest BCUT2D eigenvalue weighted by molar-refractivity contribution is -0.000487. The number of aromatic carboxylic acids is 1. The van der Waals surface area contributed by atoms with E-state index in [1.807, 2.05) is 13.0 Å². The molecule has 6 rings (SSSR count). The van der Waals surface area contributed by atoms with E-state index in [2.05, 4.69) is 23.1 Å². The van der Waals surface area contributed by atoms with Crippen molar-refractivity contribution in [2.75, 3.05) is 37.5 Å². The molecule has 44 heavy (non-hydrogen) atoms. The van der Waals surface area contributed by atoms with Crippen LogP contribution in [-0.2, 0) is 26.6 Å². The molecule has 3 aliphatic carbocycles. The van der Waals surface area contributed by atoms with Gasteiger partial charge in [0.05, 0.1) is 29.7 Å². The number of primary sulfonamides is 1. The summed E-state index contributed by atoms with van der Waals surface area (Å²) in [6.45, 7) is 4.04. The van der Waals surface area contributed by atoms with E-state index in [0.29, 0.717) is 18.4 Å². The maximum Gasteiger partial charge on any atom is 0.335 e. The molecule has 0 aromatic heterocycles. The number of methoxy groups -OCH3 is 1. The molecule has 4 aliphatic rings. The van der Waals surface area contributed by atoms with Crippen LogP contribution in [0.5, 0.6) is 5.75 Å². The zero-order valence-corrected chi connectivity index (χ0v) is 27.1. The number of sulfonamides is 1. The molecule has 0 unspecified atom stereocenters. The number of ether oxygens (including phenoxy) is 2. The number of aryl methyl sites for hydroxylation is 1. The van der Waals surface area contributed by atoms with Crippen molar-refractivity contribution in [3.63, 3.8) is 0 Å². The molecule has 0 saturated heterocycles.